The summed E-state index contributed by atoms with van der Waals surface area (Å²) in [6.45, 7) is 0. The van der Waals surface area contributed by atoms with Crippen LogP contribution in [0.4, 0.5) is 0 Å². The molecule has 0 aromatic heterocycles. The first-order chi connectivity index (χ1) is 16.4. The van der Waals surface area contributed by atoms with Crippen LogP contribution < -0.4 is 0 Å². The Labute approximate surface area is 200 Å². The number of phenolic OH excluding ortho intramolecular Hbond substituents is 2. The van der Waals surface area contributed by atoms with Gasteiger partial charge in [0.05, 0.1) is 12.4 Å². The lowest BCUT2D eigenvalue weighted by Crippen LogP contribution is -1.94. The second-order valence-electron chi connectivity index (χ2n) is 7.72. The van der Waals surface area contributed by atoms with Gasteiger partial charge in [0.1, 0.15) is 11.5 Å². The lowest BCUT2D eigenvalue weighted by Gasteiger charge is -2.00. The molecule has 0 unspecified atom stereocenters. The van der Waals surface area contributed by atoms with Crippen LogP contribution in [0, 0.1) is 0 Å². The predicted octanol–water partition coefficient (Wildman–Crippen LogP) is 5.61. The topological polar surface area (TPSA) is 140 Å². The van der Waals surface area contributed by atoms with Gasteiger partial charge in [-0.3, -0.25) is 9.59 Å². The summed E-state index contributed by atoms with van der Waals surface area (Å²) in [5.41, 5.74) is 1.18. The molecule has 0 saturated carbocycles. The number of rotatable bonds is 14. The molecule has 34 heavy (non-hydrogen) atoms. The second-order valence-corrected chi connectivity index (χ2v) is 7.72. The van der Waals surface area contributed by atoms with E-state index < -0.39 is 11.9 Å². The maximum absolute atomic E-state index is 10.2. The molecule has 0 aliphatic rings. The minimum atomic E-state index is -0.714. The number of nitrogens with zero attached hydrogens (tertiary/aromatic N) is 2. The molecule has 0 aliphatic heterocycles. The third-order valence-electron chi connectivity index (χ3n) is 4.87. The number of aromatic hydroxyl groups is 2. The van der Waals surface area contributed by atoms with Crippen LogP contribution in [0.15, 0.2) is 58.7 Å². The number of carboxylic acids is 2. The van der Waals surface area contributed by atoms with Crippen LogP contribution in [0.2, 0.25) is 0 Å². The first-order valence-electron chi connectivity index (χ1n) is 11.5. The number of hydrogen-bond donors (Lipinski definition) is 4. The predicted molar refractivity (Wildman–Crippen MR) is 133 cm³/mol. The molecule has 0 fully saturated rings. The molecule has 4 N–H and O–H groups in total. The van der Waals surface area contributed by atoms with Crippen molar-refractivity contribution in [2.75, 3.05) is 0 Å². The first-order valence-corrected chi connectivity index (χ1v) is 11.5. The average molecular weight is 471 g/mol. The van der Waals surface area contributed by atoms with Crippen molar-refractivity contribution < 1.29 is 30.0 Å². The summed E-state index contributed by atoms with van der Waals surface area (Å²) in [7, 11) is 0. The monoisotopic (exact) mass is 470 g/mol. The number of carboxylic acid groups (broad SMARTS) is 2. The smallest absolute Gasteiger partial charge is 0.303 e. The van der Waals surface area contributed by atoms with Crippen LogP contribution in [0.25, 0.3) is 0 Å². The SMILES string of the molecule is O=C(O)CCCCCCCCCCC(=O)O.Oc1ccccc1C=NN=Cc1ccccc1O. The van der Waals surface area contributed by atoms with Crippen LogP contribution in [-0.4, -0.2) is 44.8 Å². The van der Waals surface area contributed by atoms with Gasteiger partial charge in [0.15, 0.2) is 0 Å². The van der Waals surface area contributed by atoms with Gasteiger partial charge in [0, 0.05) is 24.0 Å². The Morgan fingerprint density at radius 2 is 0.912 bits per heavy atom. The Bertz CT molecular complexity index is 852. The van der Waals surface area contributed by atoms with Gasteiger partial charge in [-0.15, -0.1) is 0 Å². The number of phenols is 2. The fraction of sp³-hybridized carbons (Fsp3) is 0.385. The van der Waals surface area contributed by atoms with E-state index in [1.54, 1.807) is 48.5 Å². The quantitative estimate of drug-likeness (QED) is 0.161. The molecule has 184 valence electrons. The van der Waals surface area contributed by atoms with Crippen molar-refractivity contribution in [3.63, 3.8) is 0 Å². The fourth-order valence-corrected chi connectivity index (χ4v) is 3.00. The van der Waals surface area contributed by atoms with E-state index >= 15 is 0 Å². The molecule has 2 aromatic carbocycles. The lowest BCUT2D eigenvalue weighted by molar-refractivity contribution is -0.138. The Balaban J connectivity index is 0.000000344. The molecule has 2 aromatic rings. The number of aliphatic carboxylic acids is 2. The minimum Gasteiger partial charge on any atom is -0.507 e. The molecule has 2 rings (SSSR count). The van der Waals surface area contributed by atoms with Gasteiger partial charge in [-0.1, -0.05) is 62.8 Å². The highest BCUT2D eigenvalue weighted by molar-refractivity contribution is 5.86. The summed E-state index contributed by atoms with van der Waals surface area (Å²) in [5, 5.41) is 43.4. The second kappa shape index (κ2) is 17.8. The number of unbranched alkanes of at least 4 members (excludes halogenated alkanes) is 7. The summed E-state index contributed by atoms with van der Waals surface area (Å²) in [6.07, 6.45) is 11.4. The van der Waals surface area contributed by atoms with E-state index in [1.165, 1.54) is 12.4 Å². The van der Waals surface area contributed by atoms with Gasteiger partial charge in [-0.2, -0.15) is 10.2 Å². The van der Waals surface area contributed by atoms with Crippen molar-refractivity contribution in [1.29, 1.82) is 0 Å². The maximum atomic E-state index is 10.2. The zero-order valence-electron chi connectivity index (χ0n) is 19.3. The van der Waals surface area contributed by atoms with Crippen LogP contribution in [0.5, 0.6) is 11.5 Å². The standard InChI is InChI=1S/C14H12N2O2.C12H22O4/c17-13-7-3-1-5-11(13)9-15-16-10-12-6-2-4-8-14(12)18;13-11(14)9-7-5-3-1-2-4-6-8-10-12(15)16/h1-10,17-18H;1-10H2,(H,13,14)(H,15,16). The van der Waals surface area contributed by atoms with E-state index in [0.717, 1.165) is 51.4 Å². The van der Waals surface area contributed by atoms with Crippen molar-refractivity contribution in [2.45, 2.75) is 64.2 Å². The molecule has 8 heteroatoms. The van der Waals surface area contributed by atoms with Crippen molar-refractivity contribution in [1.82, 2.24) is 0 Å². The van der Waals surface area contributed by atoms with E-state index in [2.05, 4.69) is 10.2 Å². The van der Waals surface area contributed by atoms with E-state index in [0.29, 0.717) is 11.1 Å². The van der Waals surface area contributed by atoms with Gasteiger partial charge in [0.25, 0.3) is 0 Å². The van der Waals surface area contributed by atoms with Gasteiger partial charge in [0.2, 0.25) is 0 Å². The van der Waals surface area contributed by atoms with Crippen LogP contribution in [-0.2, 0) is 9.59 Å². The van der Waals surface area contributed by atoms with Crippen LogP contribution in [0.1, 0.15) is 75.3 Å². The molecule has 8 nitrogen and oxygen atoms in total. The zero-order valence-corrected chi connectivity index (χ0v) is 19.3. The Kier molecular flexibility index (Phi) is 14.9. The Morgan fingerprint density at radius 1 is 0.588 bits per heavy atom. The number of hydrogen-bond acceptors (Lipinski definition) is 6. The highest BCUT2D eigenvalue weighted by atomic mass is 16.4. The minimum absolute atomic E-state index is 0.152. The molecule has 0 heterocycles. The van der Waals surface area contributed by atoms with Crippen molar-refractivity contribution in [2.24, 2.45) is 10.2 Å². The summed E-state index contributed by atoms with van der Waals surface area (Å²) in [6, 6.07) is 13.7. The molecule has 0 radical (unpaired) electrons. The molecule has 0 aliphatic carbocycles. The Morgan fingerprint density at radius 3 is 1.24 bits per heavy atom. The molecule has 0 bridgehead atoms. The van der Waals surface area contributed by atoms with E-state index in [-0.39, 0.29) is 24.3 Å². The van der Waals surface area contributed by atoms with Crippen molar-refractivity contribution >= 4 is 24.4 Å². The molecular weight excluding hydrogens is 436 g/mol. The average Bonchev–Trinajstić information content (AvgIpc) is 2.80. The molecular formula is C26H34N2O6. The normalized spacial score (nSPS) is 10.8. The van der Waals surface area contributed by atoms with Gasteiger partial charge >= 0.3 is 11.9 Å². The van der Waals surface area contributed by atoms with Crippen LogP contribution >= 0.6 is 0 Å². The summed E-state index contributed by atoms with van der Waals surface area (Å²) in [4.78, 5) is 20.4. The molecule has 0 atom stereocenters. The number of para-hydroxylation sites is 2. The molecule has 0 saturated heterocycles. The first kappa shape index (κ1) is 28.4. The molecule has 0 spiro atoms. The van der Waals surface area contributed by atoms with E-state index in [9.17, 15) is 19.8 Å². The highest BCUT2D eigenvalue weighted by Gasteiger charge is 1.98. The van der Waals surface area contributed by atoms with Crippen molar-refractivity contribution in [3.05, 3.63) is 59.7 Å². The van der Waals surface area contributed by atoms with Crippen molar-refractivity contribution in [3.8, 4) is 11.5 Å². The van der Waals surface area contributed by atoms with Crippen LogP contribution in [0.3, 0.4) is 0 Å². The maximum Gasteiger partial charge on any atom is 0.303 e. The largest absolute Gasteiger partial charge is 0.507 e. The summed E-state index contributed by atoms with van der Waals surface area (Å²) >= 11 is 0. The van der Waals surface area contributed by atoms with Gasteiger partial charge < -0.3 is 20.4 Å². The van der Waals surface area contributed by atoms with E-state index in [4.69, 9.17) is 10.2 Å². The molecule has 0 amide bonds. The fourth-order valence-electron chi connectivity index (χ4n) is 3.00. The summed E-state index contributed by atoms with van der Waals surface area (Å²) in [5.74, 6) is -1.12. The summed E-state index contributed by atoms with van der Waals surface area (Å²) < 4.78 is 0. The third-order valence-corrected chi connectivity index (χ3v) is 4.87. The third kappa shape index (κ3) is 14.4. The number of carbonyl (C=O) groups is 2. The van der Waals surface area contributed by atoms with E-state index in [1.807, 2.05) is 0 Å². The van der Waals surface area contributed by atoms with Gasteiger partial charge in [-0.05, 0) is 37.1 Å². The number of benzene rings is 2. The highest BCUT2D eigenvalue weighted by Crippen LogP contribution is 2.14. The Hall–Kier alpha value is -3.68. The lowest BCUT2D eigenvalue weighted by atomic mass is 10.1. The zero-order chi connectivity index (χ0) is 25.0. The van der Waals surface area contributed by atoms with Gasteiger partial charge in [-0.25, -0.2) is 0 Å².